The molecule has 33 heavy (non-hydrogen) atoms. The van der Waals surface area contributed by atoms with E-state index in [-0.39, 0.29) is 36.6 Å². The van der Waals surface area contributed by atoms with Gasteiger partial charge in [0.15, 0.2) is 15.2 Å². The van der Waals surface area contributed by atoms with Crippen LogP contribution in [-0.2, 0) is 25.2 Å². The molecule has 1 saturated heterocycles. The van der Waals surface area contributed by atoms with E-state index in [1.807, 2.05) is 0 Å². The number of aromatic nitrogens is 3. The van der Waals surface area contributed by atoms with Crippen LogP contribution in [0.15, 0.2) is 20.1 Å². The van der Waals surface area contributed by atoms with Gasteiger partial charge in [-0.15, -0.1) is 10.2 Å². The van der Waals surface area contributed by atoms with Gasteiger partial charge in [0.05, 0.1) is 16.6 Å². The van der Waals surface area contributed by atoms with E-state index >= 15 is 0 Å². The largest absolute Gasteiger partial charge is 0.477 e. The highest BCUT2D eigenvalue weighted by molar-refractivity contribution is 8.05. The van der Waals surface area contributed by atoms with Crippen LogP contribution in [0.1, 0.15) is 5.69 Å². The Bertz CT molecular complexity index is 1270. The summed E-state index contributed by atoms with van der Waals surface area (Å²) in [7, 11) is -1.78. The molecule has 3 atom stereocenters. The summed E-state index contributed by atoms with van der Waals surface area (Å²) in [5, 5.41) is 30.6. The van der Waals surface area contributed by atoms with Crippen molar-refractivity contribution in [1.82, 2.24) is 25.4 Å². The number of aliphatic carboxylic acids is 1. The number of thioether (sulfide) groups is 1. The summed E-state index contributed by atoms with van der Waals surface area (Å²) in [6.07, 6.45) is 0. The van der Waals surface area contributed by atoms with Crippen LogP contribution in [0.5, 0.6) is 0 Å². The molecular formula is C14H11ClN8O6S4. The highest BCUT2D eigenvalue weighted by Gasteiger charge is 2.57. The van der Waals surface area contributed by atoms with E-state index in [0.29, 0.717) is 4.34 Å². The number of nitrogens with zero attached hydrogens (tertiary/aromatic N) is 5. The van der Waals surface area contributed by atoms with Gasteiger partial charge in [0, 0.05) is 4.91 Å². The van der Waals surface area contributed by atoms with Gasteiger partial charge in [-0.2, -0.15) is 0 Å². The van der Waals surface area contributed by atoms with Crippen molar-refractivity contribution in [2.45, 2.75) is 15.8 Å². The van der Waals surface area contributed by atoms with Crippen molar-refractivity contribution < 1.29 is 28.9 Å². The van der Waals surface area contributed by atoms with Crippen molar-refractivity contribution >= 4 is 90.6 Å². The first kappa shape index (κ1) is 23.4. The van der Waals surface area contributed by atoms with Gasteiger partial charge in [-0.1, -0.05) is 51.2 Å². The number of hydrogen-bond donors (Lipinski definition) is 5. The molecule has 19 heteroatoms. The number of carboxylic acids is 1. The molecule has 0 aromatic carbocycles. The zero-order valence-electron chi connectivity index (χ0n) is 15.8. The number of carboxylic acid groups (broad SMARTS) is 1. The lowest BCUT2D eigenvalue weighted by atomic mass is 10.0. The number of thiazole rings is 1. The predicted octanol–water partition coefficient (Wildman–Crippen LogP) is -0.505. The van der Waals surface area contributed by atoms with Crippen molar-refractivity contribution in [2.24, 2.45) is 5.16 Å². The van der Waals surface area contributed by atoms with Gasteiger partial charge in [-0.3, -0.25) is 18.7 Å². The number of anilines is 2. The second-order valence-electron chi connectivity index (χ2n) is 6.28. The third kappa shape index (κ3) is 4.14. The molecule has 174 valence electrons. The number of fused-ring (bicyclic) bond motifs is 1. The van der Waals surface area contributed by atoms with Crippen molar-refractivity contribution in [1.29, 1.82) is 0 Å². The van der Waals surface area contributed by atoms with Crippen LogP contribution in [-0.4, -0.2) is 75.3 Å². The second kappa shape index (κ2) is 8.86. The number of hydrogen-bond acceptors (Lipinski definition) is 14. The smallest absolute Gasteiger partial charge is 0.353 e. The minimum atomic E-state index is -1.78. The fourth-order valence-corrected chi connectivity index (χ4v) is 7.71. The first-order valence-corrected chi connectivity index (χ1v) is 12.7. The Labute approximate surface area is 203 Å². The van der Waals surface area contributed by atoms with Gasteiger partial charge >= 0.3 is 5.97 Å². The van der Waals surface area contributed by atoms with Gasteiger partial charge in [-0.25, -0.2) is 9.78 Å². The number of nitrogens with one attached hydrogen (secondary N) is 1. The Morgan fingerprint density at radius 3 is 2.58 bits per heavy atom. The third-order valence-electron chi connectivity index (χ3n) is 4.35. The topological polar surface area (TPSA) is 227 Å². The third-order valence-corrected chi connectivity index (χ3v) is 9.10. The number of β-lactam (4-membered cyclic amide) rings is 1. The van der Waals surface area contributed by atoms with E-state index in [1.165, 1.54) is 0 Å². The van der Waals surface area contributed by atoms with Crippen LogP contribution in [0.3, 0.4) is 0 Å². The van der Waals surface area contributed by atoms with Crippen LogP contribution in [0, 0.1) is 0 Å². The molecule has 1 unspecified atom stereocenters. The number of nitrogen functional groups attached to an aromatic ring is 2. The van der Waals surface area contributed by atoms with Gasteiger partial charge in [0.25, 0.3) is 11.8 Å². The average Bonchev–Trinajstić information content (AvgIpc) is 3.30. The zero-order chi connectivity index (χ0) is 24.0. The Hall–Kier alpha value is -2.80. The molecule has 2 aliphatic rings. The predicted molar refractivity (Wildman–Crippen MR) is 120 cm³/mol. The van der Waals surface area contributed by atoms with E-state index in [9.17, 15) is 28.9 Å². The molecule has 0 saturated carbocycles. The molecule has 0 spiro atoms. The van der Waals surface area contributed by atoms with Gasteiger partial charge in [0.2, 0.25) is 5.13 Å². The lowest BCUT2D eigenvalue weighted by Gasteiger charge is -2.48. The fraction of sp³-hybridized carbons (Fsp3) is 0.214. The molecule has 14 nitrogen and oxygen atoms in total. The van der Waals surface area contributed by atoms with Crippen LogP contribution in [0.2, 0.25) is 4.34 Å². The summed E-state index contributed by atoms with van der Waals surface area (Å²) in [5.74, 6) is -3.47. The lowest BCUT2D eigenvalue weighted by Crippen LogP contribution is -2.73. The summed E-state index contributed by atoms with van der Waals surface area (Å²) in [5.41, 5.74) is 9.87. The Morgan fingerprint density at radius 1 is 1.30 bits per heavy atom. The number of amides is 2. The molecule has 2 aromatic rings. The van der Waals surface area contributed by atoms with E-state index in [0.717, 1.165) is 39.3 Å². The summed E-state index contributed by atoms with van der Waals surface area (Å²) >= 11 is 8.68. The van der Waals surface area contributed by atoms with Crippen molar-refractivity contribution in [3.8, 4) is 0 Å². The second-order valence-corrected chi connectivity index (χ2v) is 11.8. The maximum absolute atomic E-state index is 12.9. The van der Waals surface area contributed by atoms with Crippen LogP contribution in [0.4, 0.5) is 10.3 Å². The van der Waals surface area contributed by atoms with Crippen molar-refractivity contribution in [3.63, 3.8) is 0 Å². The molecule has 2 aromatic heterocycles. The van der Waals surface area contributed by atoms with E-state index < -0.39 is 45.7 Å². The zero-order valence-corrected chi connectivity index (χ0v) is 19.8. The number of rotatable bonds is 6. The van der Waals surface area contributed by atoms with E-state index in [4.69, 9.17) is 23.1 Å². The Morgan fingerprint density at radius 2 is 2.03 bits per heavy atom. The van der Waals surface area contributed by atoms with Crippen LogP contribution < -0.4 is 16.8 Å². The summed E-state index contributed by atoms with van der Waals surface area (Å²) in [6.45, 7) is 0. The molecule has 4 rings (SSSR count). The molecule has 2 aliphatic heterocycles. The monoisotopic (exact) mass is 550 g/mol. The summed E-state index contributed by atoms with van der Waals surface area (Å²) < 4.78 is 13.2. The Balaban J connectivity index is 1.58. The molecule has 1 fully saturated rings. The minimum Gasteiger partial charge on any atom is -0.477 e. The number of halogens is 1. The number of carbonyl (C=O) groups is 3. The summed E-state index contributed by atoms with van der Waals surface area (Å²) in [4.78, 5) is 42.1. The maximum atomic E-state index is 12.9. The SMILES string of the molecule is Nc1nnc(SC2=C(C(=O)O)N3C(=O)[C@@H](NC(=O)/C(=N\O)c4nc(N)sc4Cl)C3[S@@](=O)C2)s1. The minimum absolute atomic E-state index is 0.0154. The first-order valence-electron chi connectivity index (χ1n) is 8.51. The fourth-order valence-electron chi connectivity index (χ4n) is 3.06. The molecule has 4 heterocycles. The first-order chi connectivity index (χ1) is 15.6. The van der Waals surface area contributed by atoms with Crippen LogP contribution >= 0.6 is 46.0 Å². The molecule has 2 amide bonds. The normalized spacial score (nSPS) is 22.7. The van der Waals surface area contributed by atoms with Crippen molar-refractivity contribution in [2.75, 3.05) is 17.2 Å². The number of oxime groups is 1. The Kier molecular flexibility index (Phi) is 6.27. The number of carbonyl (C=O) groups excluding carboxylic acids is 2. The average molecular weight is 551 g/mol. The molecule has 0 bridgehead atoms. The van der Waals surface area contributed by atoms with Gasteiger partial charge in [-0.05, 0) is 0 Å². The molecule has 0 aliphatic carbocycles. The summed E-state index contributed by atoms with van der Waals surface area (Å²) in [6, 6.07) is -1.33. The molecular weight excluding hydrogens is 540 g/mol. The van der Waals surface area contributed by atoms with E-state index in [2.05, 4.69) is 25.7 Å². The van der Waals surface area contributed by atoms with Crippen molar-refractivity contribution in [3.05, 3.63) is 20.6 Å². The highest BCUT2D eigenvalue weighted by atomic mass is 35.5. The molecule has 0 radical (unpaired) electrons. The van der Waals surface area contributed by atoms with Crippen LogP contribution in [0.25, 0.3) is 0 Å². The van der Waals surface area contributed by atoms with Gasteiger partial charge in [0.1, 0.15) is 27.1 Å². The van der Waals surface area contributed by atoms with Gasteiger partial charge < -0.3 is 27.1 Å². The highest BCUT2D eigenvalue weighted by Crippen LogP contribution is 2.41. The maximum Gasteiger partial charge on any atom is 0.353 e. The quantitative estimate of drug-likeness (QED) is 0.133. The standard InChI is InChI=1S/C14H11ClN8O6S4/c15-7-3(19-12(16)31-7)4(22-28)8(24)18-5-9(25)23-6(11(26)27)2(1-33(29)10(5)23)30-14-21-20-13(17)32-14/h5,10,28H,1H2,(H2,16,19)(H2,17,20)(H,18,24)(H,26,27)/b22-4-/t5-,10?,33+/m1/s1. The molecule has 7 N–H and O–H groups in total. The van der Waals surface area contributed by atoms with E-state index in [1.54, 1.807) is 0 Å². The lowest BCUT2D eigenvalue weighted by molar-refractivity contribution is -0.150. The number of nitrogens with two attached hydrogens (primary N) is 2.